The number of hydrogen-bond acceptors (Lipinski definition) is 2. The van der Waals surface area contributed by atoms with Gasteiger partial charge >= 0.3 is 0 Å². The Bertz CT molecular complexity index is 319. The first-order chi connectivity index (χ1) is 7.29. The molecule has 82 valence electrons. The topological polar surface area (TPSA) is 25.8 Å². The summed E-state index contributed by atoms with van der Waals surface area (Å²) in [6, 6.07) is 1.74. The minimum Gasteiger partial charge on any atom is -0.241 e. The molecule has 0 spiro atoms. The maximum atomic E-state index is 5.87. The van der Waals surface area contributed by atoms with Crippen molar-refractivity contribution in [3.8, 4) is 0 Å². The van der Waals surface area contributed by atoms with Crippen molar-refractivity contribution in [2.24, 2.45) is 5.92 Å². The molecule has 1 aliphatic carbocycles. The van der Waals surface area contributed by atoms with Crippen LogP contribution in [-0.4, -0.2) is 9.97 Å². The van der Waals surface area contributed by atoms with Crippen LogP contribution in [0.15, 0.2) is 12.3 Å². The van der Waals surface area contributed by atoms with E-state index in [0.717, 1.165) is 11.7 Å². The summed E-state index contributed by atoms with van der Waals surface area (Å²) in [5.41, 5.74) is 0. The van der Waals surface area contributed by atoms with Gasteiger partial charge in [-0.1, -0.05) is 24.9 Å². The van der Waals surface area contributed by atoms with Crippen molar-refractivity contribution in [3.05, 3.63) is 23.2 Å². The molecule has 0 aromatic carbocycles. The Morgan fingerprint density at radius 2 is 2.07 bits per heavy atom. The molecule has 1 aromatic heterocycles. The molecule has 0 radical (unpaired) electrons. The minimum atomic E-state index is 0.534. The lowest BCUT2D eigenvalue weighted by molar-refractivity contribution is 0.312. The summed E-state index contributed by atoms with van der Waals surface area (Å²) in [6.45, 7) is 2.28. The average molecular weight is 225 g/mol. The van der Waals surface area contributed by atoms with Crippen LogP contribution in [0.1, 0.15) is 50.8 Å². The van der Waals surface area contributed by atoms with Gasteiger partial charge in [-0.3, -0.25) is 0 Å². The molecule has 1 fully saturated rings. The van der Waals surface area contributed by atoms with Gasteiger partial charge in [-0.2, -0.15) is 0 Å². The van der Waals surface area contributed by atoms with Gasteiger partial charge in [0.15, 0.2) is 0 Å². The molecule has 2 rings (SSSR count). The van der Waals surface area contributed by atoms with Gasteiger partial charge in [0.25, 0.3) is 0 Å². The van der Waals surface area contributed by atoms with E-state index in [9.17, 15) is 0 Å². The molecule has 3 heteroatoms. The Kier molecular flexibility index (Phi) is 3.57. The Hall–Kier alpha value is -0.630. The quantitative estimate of drug-likeness (QED) is 0.714. The van der Waals surface area contributed by atoms with E-state index in [2.05, 4.69) is 16.9 Å². The zero-order valence-corrected chi connectivity index (χ0v) is 9.87. The zero-order valence-electron chi connectivity index (χ0n) is 9.12. The van der Waals surface area contributed by atoms with Gasteiger partial charge in [0, 0.05) is 12.1 Å². The van der Waals surface area contributed by atoms with Crippen LogP contribution >= 0.6 is 11.6 Å². The predicted molar refractivity (Wildman–Crippen MR) is 62.0 cm³/mol. The second-order valence-electron chi connectivity index (χ2n) is 4.36. The van der Waals surface area contributed by atoms with E-state index in [1.54, 1.807) is 12.3 Å². The van der Waals surface area contributed by atoms with E-state index in [-0.39, 0.29) is 0 Å². The maximum Gasteiger partial charge on any atom is 0.133 e. The van der Waals surface area contributed by atoms with Crippen LogP contribution < -0.4 is 0 Å². The van der Waals surface area contributed by atoms with Crippen molar-refractivity contribution < 1.29 is 0 Å². The van der Waals surface area contributed by atoms with Crippen LogP contribution in [0.5, 0.6) is 0 Å². The number of aromatic nitrogens is 2. The molecule has 1 saturated carbocycles. The van der Waals surface area contributed by atoms with Crippen molar-refractivity contribution in [3.63, 3.8) is 0 Å². The van der Waals surface area contributed by atoms with E-state index in [0.29, 0.717) is 11.1 Å². The third kappa shape index (κ3) is 2.69. The molecule has 0 N–H and O–H groups in total. The monoisotopic (exact) mass is 224 g/mol. The first kappa shape index (κ1) is 10.9. The normalized spacial score (nSPS) is 26.5. The largest absolute Gasteiger partial charge is 0.241 e. The molecular weight excluding hydrogens is 208 g/mol. The average Bonchev–Trinajstić information content (AvgIpc) is 2.29. The molecule has 0 amide bonds. The van der Waals surface area contributed by atoms with E-state index >= 15 is 0 Å². The number of hydrogen-bond donors (Lipinski definition) is 0. The van der Waals surface area contributed by atoms with Gasteiger partial charge < -0.3 is 0 Å². The zero-order chi connectivity index (χ0) is 10.7. The fraction of sp³-hybridized carbons (Fsp3) is 0.667. The highest BCUT2D eigenvalue weighted by Crippen LogP contribution is 2.35. The van der Waals surface area contributed by atoms with Crippen molar-refractivity contribution in [2.45, 2.75) is 44.9 Å². The highest BCUT2D eigenvalue weighted by Gasteiger charge is 2.23. The molecule has 1 heterocycles. The first-order valence-corrected chi connectivity index (χ1v) is 6.15. The lowest BCUT2D eigenvalue weighted by atomic mass is 9.80. The maximum absolute atomic E-state index is 5.87. The minimum absolute atomic E-state index is 0.534. The first-order valence-electron chi connectivity index (χ1n) is 5.78. The van der Waals surface area contributed by atoms with E-state index in [4.69, 9.17) is 11.6 Å². The molecule has 15 heavy (non-hydrogen) atoms. The van der Waals surface area contributed by atoms with Gasteiger partial charge in [-0.15, -0.1) is 0 Å². The predicted octanol–water partition coefficient (Wildman–Crippen LogP) is 3.81. The molecule has 0 unspecified atom stereocenters. The highest BCUT2D eigenvalue weighted by molar-refractivity contribution is 6.29. The van der Waals surface area contributed by atoms with Crippen LogP contribution in [0.25, 0.3) is 0 Å². The molecule has 0 bridgehead atoms. The van der Waals surface area contributed by atoms with Crippen molar-refractivity contribution in [1.82, 2.24) is 9.97 Å². The third-order valence-corrected chi connectivity index (χ3v) is 3.64. The number of rotatable bonds is 2. The second kappa shape index (κ2) is 4.93. The van der Waals surface area contributed by atoms with Crippen LogP contribution in [-0.2, 0) is 0 Å². The summed E-state index contributed by atoms with van der Waals surface area (Å²) in [5, 5.41) is 0.567. The fourth-order valence-electron chi connectivity index (χ4n) is 2.38. The van der Waals surface area contributed by atoms with Gasteiger partial charge in [-0.05, 0) is 37.7 Å². The molecule has 0 atom stereocenters. The number of halogens is 1. The molecule has 0 aliphatic heterocycles. The van der Waals surface area contributed by atoms with Crippen molar-refractivity contribution >= 4 is 11.6 Å². The summed E-state index contributed by atoms with van der Waals surface area (Å²) in [7, 11) is 0. The highest BCUT2D eigenvalue weighted by atomic mass is 35.5. The molecular formula is C12H17ClN2. The van der Waals surface area contributed by atoms with Crippen molar-refractivity contribution in [1.29, 1.82) is 0 Å². The summed E-state index contributed by atoms with van der Waals surface area (Å²) in [6.07, 6.45) is 8.14. The van der Waals surface area contributed by atoms with Crippen LogP contribution in [0, 0.1) is 5.92 Å². The summed E-state index contributed by atoms with van der Waals surface area (Å²) < 4.78 is 0. The third-order valence-electron chi connectivity index (χ3n) is 3.43. The number of nitrogens with zero attached hydrogens (tertiary/aromatic N) is 2. The van der Waals surface area contributed by atoms with Crippen LogP contribution in [0.2, 0.25) is 5.15 Å². The Labute approximate surface area is 96.1 Å². The van der Waals surface area contributed by atoms with E-state index in [1.165, 1.54) is 32.1 Å². The molecule has 1 aliphatic rings. The SMILES string of the molecule is CCC1CCC(c2nccc(Cl)n2)CC1. The summed E-state index contributed by atoms with van der Waals surface area (Å²) in [5.74, 6) is 2.39. The van der Waals surface area contributed by atoms with Gasteiger partial charge in [-0.25, -0.2) is 9.97 Å². The van der Waals surface area contributed by atoms with Gasteiger partial charge in [0.1, 0.15) is 11.0 Å². The van der Waals surface area contributed by atoms with Crippen LogP contribution in [0.4, 0.5) is 0 Å². The second-order valence-corrected chi connectivity index (χ2v) is 4.75. The standard InChI is InChI=1S/C12H17ClN2/c1-2-9-3-5-10(6-4-9)12-14-8-7-11(13)15-12/h7-10H,2-6H2,1H3. The lowest BCUT2D eigenvalue weighted by Crippen LogP contribution is -2.14. The van der Waals surface area contributed by atoms with Crippen LogP contribution in [0.3, 0.4) is 0 Å². The van der Waals surface area contributed by atoms with E-state index < -0.39 is 0 Å². The Balaban J connectivity index is 2.01. The van der Waals surface area contributed by atoms with Crippen molar-refractivity contribution in [2.75, 3.05) is 0 Å². The van der Waals surface area contributed by atoms with E-state index in [1.807, 2.05) is 0 Å². The fourth-order valence-corrected chi connectivity index (χ4v) is 2.52. The van der Waals surface area contributed by atoms with Gasteiger partial charge in [0.05, 0.1) is 0 Å². The molecule has 1 aromatic rings. The Morgan fingerprint density at radius 3 is 2.67 bits per heavy atom. The van der Waals surface area contributed by atoms with Gasteiger partial charge in [0.2, 0.25) is 0 Å². The Morgan fingerprint density at radius 1 is 1.33 bits per heavy atom. The molecule has 0 saturated heterocycles. The molecule has 2 nitrogen and oxygen atoms in total. The lowest BCUT2D eigenvalue weighted by Gasteiger charge is -2.26. The summed E-state index contributed by atoms with van der Waals surface area (Å²) >= 11 is 5.87. The smallest absolute Gasteiger partial charge is 0.133 e. The summed E-state index contributed by atoms with van der Waals surface area (Å²) in [4.78, 5) is 8.62.